The van der Waals surface area contributed by atoms with Crippen molar-refractivity contribution >= 4 is 24.3 Å². The van der Waals surface area contributed by atoms with E-state index in [1.807, 2.05) is 18.2 Å². The maximum absolute atomic E-state index is 10.7. The van der Waals surface area contributed by atoms with Crippen LogP contribution in [0.15, 0.2) is 29.3 Å². The largest absolute Gasteiger partial charge is 0.477 e. The van der Waals surface area contributed by atoms with Crippen LogP contribution in [0.2, 0.25) is 0 Å². The SMILES string of the molecule is C=c1cccc/c1=C/C(=NC)C(=O)O. The Morgan fingerprint density at radius 3 is 2.64 bits per heavy atom. The van der Waals surface area contributed by atoms with Gasteiger partial charge in [-0.3, -0.25) is 4.99 Å². The summed E-state index contributed by atoms with van der Waals surface area (Å²) in [6, 6.07) is 7.30. The second kappa shape index (κ2) is 4.37. The van der Waals surface area contributed by atoms with Crippen LogP contribution in [0.5, 0.6) is 0 Å². The average molecular weight is 189 g/mol. The van der Waals surface area contributed by atoms with E-state index in [0.717, 1.165) is 10.4 Å². The summed E-state index contributed by atoms with van der Waals surface area (Å²) in [6.07, 6.45) is 1.50. The molecule has 0 saturated heterocycles. The summed E-state index contributed by atoms with van der Waals surface area (Å²) in [5, 5.41) is 10.3. The van der Waals surface area contributed by atoms with Gasteiger partial charge in [0.2, 0.25) is 0 Å². The number of nitrogens with zero attached hydrogens (tertiary/aromatic N) is 1. The predicted molar refractivity (Wildman–Crippen MR) is 56.7 cm³/mol. The van der Waals surface area contributed by atoms with Crippen LogP contribution in [0.25, 0.3) is 12.7 Å². The lowest BCUT2D eigenvalue weighted by atomic mass is 10.2. The molecule has 0 radical (unpaired) electrons. The number of hydrogen-bond donors (Lipinski definition) is 1. The maximum atomic E-state index is 10.7. The highest BCUT2D eigenvalue weighted by Crippen LogP contribution is 1.80. The van der Waals surface area contributed by atoms with E-state index < -0.39 is 5.97 Å². The lowest BCUT2D eigenvalue weighted by Crippen LogP contribution is -2.25. The van der Waals surface area contributed by atoms with Crippen molar-refractivity contribution in [2.75, 3.05) is 7.05 Å². The molecule has 0 amide bonds. The molecule has 14 heavy (non-hydrogen) atoms. The van der Waals surface area contributed by atoms with E-state index >= 15 is 0 Å². The average Bonchev–Trinajstić information content (AvgIpc) is 2.16. The van der Waals surface area contributed by atoms with Crippen molar-refractivity contribution in [2.24, 2.45) is 4.99 Å². The van der Waals surface area contributed by atoms with E-state index in [0.29, 0.717) is 0 Å². The zero-order valence-corrected chi connectivity index (χ0v) is 7.90. The molecule has 72 valence electrons. The van der Waals surface area contributed by atoms with Crippen LogP contribution in [-0.4, -0.2) is 23.8 Å². The third-order valence-corrected chi connectivity index (χ3v) is 1.81. The molecule has 0 aliphatic heterocycles. The molecule has 0 heterocycles. The van der Waals surface area contributed by atoms with E-state index in [9.17, 15) is 4.79 Å². The molecule has 0 atom stereocenters. The van der Waals surface area contributed by atoms with Gasteiger partial charge >= 0.3 is 5.97 Å². The smallest absolute Gasteiger partial charge is 0.354 e. The fraction of sp³-hybridized carbons (Fsp3) is 0.0909. The molecule has 3 heteroatoms. The van der Waals surface area contributed by atoms with E-state index in [4.69, 9.17) is 5.11 Å². The summed E-state index contributed by atoms with van der Waals surface area (Å²) in [4.78, 5) is 14.3. The van der Waals surface area contributed by atoms with Gasteiger partial charge in [0.05, 0.1) is 0 Å². The lowest BCUT2D eigenvalue weighted by molar-refractivity contribution is -0.129. The Labute approximate surface area is 81.7 Å². The van der Waals surface area contributed by atoms with Gasteiger partial charge in [-0.05, 0) is 16.5 Å². The van der Waals surface area contributed by atoms with Gasteiger partial charge in [0.15, 0.2) is 0 Å². The van der Waals surface area contributed by atoms with Gasteiger partial charge in [0.1, 0.15) is 5.71 Å². The fourth-order valence-electron chi connectivity index (χ4n) is 1.04. The second-order valence-electron chi connectivity index (χ2n) is 2.76. The first-order valence-electron chi connectivity index (χ1n) is 4.11. The van der Waals surface area contributed by atoms with Crippen molar-refractivity contribution in [2.45, 2.75) is 0 Å². The zero-order valence-electron chi connectivity index (χ0n) is 7.90. The molecule has 0 aliphatic rings. The Kier molecular flexibility index (Phi) is 3.18. The Bertz CT molecular complexity index is 474. The minimum atomic E-state index is -1.03. The van der Waals surface area contributed by atoms with Gasteiger partial charge in [-0.2, -0.15) is 0 Å². The molecule has 1 aromatic rings. The second-order valence-corrected chi connectivity index (χ2v) is 2.76. The summed E-state index contributed by atoms with van der Waals surface area (Å²) < 4.78 is 0. The number of carbonyl (C=O) groups is 1. The highest BCUT2D eigenvalue weighted by Gasteiger charge is 2.02. The molecule has 0 bridgehead atoms. The highest BCUT2D eigenvalue weighted by atomic mass is 16.4. The maximum Gasteiger partial charge on any atom is 0.354 e. The Morgan fingerprint density at radius 2 is 2.14 bits per heavy atom. The Hall–Kier alpha value is -1.90. The van der Waals surface area contributed by atoms with Crippen molar-refractivity contribution in [3.05, 3.63) is 34.7 Å². The first kappa shape index (κ1) is 10.2. The normalized spacial score (nSPS) is 12.9. The highest BCUT2D eigenvalue weighted by molar-refractivity contribution is 6.47. The van der Waals surface area contributed by atoms with E-state index in [1.165, 1.54) is 13.1 Å². The van der Waals surface area contributed by atoms with Crippen LogP contribution in [0.4, 0.5) is 0 Å². The summed E-state index contributed by atoms with van der Waals surface area (Å²) in [7, 11) is 1.45. The summed E-state index contributed by atoms with van der Waals surface area (Å²) in [5.41, 5.74) is 0.0288. The molecule has 0 spiro atoms. The van der Waals surface area contributed by atoms with Crippen LogP contribution in [0, 0.1) is 0 Å². The van der Waals surface area contributed by atoms with E-state index in [-0.39, 0.29) is 5.71 Å². The molecule has 1 rings (SSSR count). The van der Waals surface area contributed by atoms with Crippen molar-refractivity contribution < 1.29 is 9.90 Å². The first-order valence-corrected chi connectivity index (χ1v) is 4.11. The Morgan fingerprint density at radius 1 is 1.50 bits per heavy atom. The minimum absolute atomic E-state index is 0.0288. The topological polar surface area (TPSA) is 49.7 Å². The zero-order chi connectivity index (χ0) is 10.6. The summed E-state index contributed by atoms with van der Waals surface area (Å²) in [6.45, 7) is 3.79. The summed E-state index contributed by atoms with van der Waals surface area (Å²) in [5.74, 6) is -1.03. The van der Waals surface area contributed by atoms with Gasteiger partial charge in [-0.15, -0.1) is 0 Å². The molecule has 0 unspecified atom stereocenters. The van der Waals surface area contributed by atoms with Gasteiger partial charge in [0, 0.05) is 7.05 Å². The van der Waals surface area contributed by atoms with Crippen LogP contribution < -0.4 is 10.4 Å². The lowest BCUT2D eigenvalue weighted by Gasteiger charge is -1.91. The third kappa shape index (κ3) is 2.29. The molecule has 0 fully saturated rings. The molecule has 3 nitrogen and oxygen atoms in total. The number of benzene rings is 1. The fourth-order valence-corrected chi connectivity index (χ4v) is 1.04. The molecule has 1 N–H and O–H groups in total. The molecule has 1 aromatic carbocycles. The number of carboxylic acid groups (broad SMARTS) is 1. The molecule has 0 aliphatic carbocycles. The molecular weight excluding hydrogens is 178 g/mol. The number of rotatable bonds is 2. The predicted octanol–water partition coefficient (Wildman–Crippen LogP) is 0.0328. The van der Waals surface area contributed by atoms with Crippen LogP contribution in [0.3, 0.4) is 0 Å². The number of carboxylic acids is 1. The third-order valence-electron chi connectivity index (χ3n) is 1.81. The van der Waals surface area contributed by atoms with E-state index in [2.05, 4.69) is 11.6 Å². The van der Waals surface area contributed by atoms with Crippen molar-refractivity contribution in [1.29, 1.82) is 0 Å². The van der Waals surface area contributed by atoms with Crippen molar-refractivity contribution in [3.8, 4) is 0 Å². The standard InChI is InChI=1S/C11H11NO2/c1-8-5-3-4-6-9(8)7-10(12-2)11(13)14/h3-7H,1H2,2H3,(H,13,14)/b9-7-,12-10?. The van der Waals surface area contributed by atoms with E-state index in [1.54, 1.807) is 6.07 Å². The first-order chi connectivity index (χ1) is 6.65. The van der Waals surface area contributed by atoms with Gasteiger partial charge < -0.3 is 5.11 Å². The van der Waals surface area contributed by atoms with Crippen LogP contribution in [0.1, 0.15) is 0 Å². The molecule has 0 saturated carbocycles. The number of aliphatic imine (C=N–C) groups is 1. The van der Waals surface area contributed by atoms with Gasteiger partial charge in [-0.1, -0.05) is 30.8 Å². The Balaban J connectivity index is 3.30. The number of aliphatic carboxylic acids is 1. The molecule has 0 aromatic heterocycles. The van der Waals surface area contributed by atoms with Gasteiger partial charge in [0.25, 0.3) is 0 Å². The van der Waals surface area contributed by atoms with Gasteiger partial charge in [-0.25, -0.2) is 4.79 Å². The van der Waals surface area contributed by atoms with Crippen molar-refractivity contribution in [1.82, 2.24) is 0 Å². The summed E-state index contributed by atoms with van der Waals surface area (Å²) >= 11 is 0. The molecular formula is C11H11NO2. The van der Waals surface area contributed by atoms with Crippen molar-refractivity contribution in [3.63, 3.8) is 0 Å². The van der Waals surface area contributed by atoms with Crippen LogP contribution in [-0.2, 0) is 4.79 Å². The monoisotopic (exact) mass is 189 g/mol. The quantitative estimate of drug-likeness (QED) is 0.667. The minimum Gasteiger partial charge on any atom is -0.477 e. The van der Waals surface area contributed by atoms with Crippen LogP contribution >= 0.6 is 0 Å². The number of hydrogen-bond acceptors (Lipinski definition) is 2.